The van der Waals surface area contributed by atoms with Crippen LogP contribution in [0.5, 0.6) is 0 Å². The SMILES string of the molecule is CCN(C)CC(O)C(=O)O. The predicted octanol–water partition coefficient (Wildman–Crippen LogP) is -0.616. The van der Waals surface area contributed by atoms with E-state index in [1.807, 2.05) is 6.92 Å². The molecule has 4 nitrogen and oxygen atoms in total. The van der Waals surface area contributed by atoms with Gasteiger partial charge in [0.2, 0.25) is 0 Å². The molecule has 0 rings (SSSR count). The molecule has 0 fully saturated rings. The lowest BCUT2D eigenvalue weighted by Gasteiger charge is -2.15. The molecule has 0 saturated carbocycles. The number of nitrogens with zero attached hydrogens (tertiary/aromatic N) is 1. The average Bonchev–Trinajstić information content (AvgIpc) is 1.87. The molecule has 0 aromatic rings. The molecule has 0 aromatic heterocycles. The molecule has 4 heteroatoms. The molecule has 0 aliphatic heterocycles. The minimum Gasteiger partial charge on any atom is -0.479 e. The van der Waals surface area contributed by atoms with Crippen molar-refractivity contribution >= 4 is 5.97 Å². The second kappa shape index (κ2) is 4.24. The Morgan fingerprint density at radius 2 is 2.20 bits per heavy atom. The first-order valence-electron chi connectivity index (χ1n) is 3.17. The van der Waals surface area contributed by atoms with Crippen LogP contribution >= 0.6 is 0 Å². The summed E-state index contributed by atoms with van der Waals surface area (Å²) in [5.74, 6) is -1.17. The summed E-state index contributed by atoms with van der Waals surface area (Å²) >= 11 is 0. The minimum atomic E-state index is -1.26. The molecule has 2 N–H and O–H groups in total. The van der Waals surface area contributed by atoms with Crippen LogP contribution in [0.4, 0.5) is 0 Å². The Morgan fingerprint density at radius 1 is 1.70 bits per heavy atom. The van der Waals surface area contributed by atoms with Crippen molar-refractivity contribution in [3.8, 4) is 0 Å². The molecule has 1 atom stereocenters. The second-order valence-corrected chi connectivity index (χ2v) is 2.21. The van der Waals surface area contributed by atoms with Crippen molar-refractivity contribution < 1.29 is 15.0 Å². The lowest BCUT2D eigenvalue weighted by atomic mass is 10.3. The summed E-state index contributed by atoms with van der Waals surface area (Å²) in [5.41, 5.74) is 0. The van der Waals surface area contributed by atoms with Gasteiger partial charge >= 0.3 is 5.97 Å². The Kier molecular flexibility index (Phi) is 3.99. The van der Waals surface area contributed by atoms with E-state index in [1.54, 1.807) is 11.9 Å². The van der Waals surface area contributed by atoms with Gasteiger partial charge in [-0.1, -0.05) is 6.92 Å². The lowest BCUT2D eigenvalue weighted by Crippen LogP contribution is -2.34. The van der Waals surface area contributed by atoms with Crippen molar-refractivity contribution in [1.82, 2.24) is 4.90 Å². The number of hydrogen-bond acceptors (Lipinski definition) is 3. The number of carboxylic acids is 1. The minimum absolute atomic E-state index is 0.186. The maximum atomic E-state index is 10.1. The number of carbonyl (C=O) groups is 1. The number of carboxylic acid groups (broad SMARTS) is 1. The highest BCUT2D eigenvalue weighted by Gasteiger charge is 2.13. The molecule has 10 heavy (non-hydrogen) atoms. The van der Waals surface area contributed by atoms with Crippen molar-refractivity contribution in [3.63, 3.8) is 0 Å². The molecule has 0 spiro atoms. The van der Waals surface area contributed by atoms with E-state index in [0.717, 1.165) is 6.54 Å². The largest absolute Gasteiger partial charge is 0.479 e. The van der Waals surface area contributed by atoms with Gasteiger partial charge in [0.1, 0.15) is 0 Å². The van der Waals surface area contributed by atoms with Gasteiger partial charge in [-0.05, 0) is 13.6 Å². The number of hydrogen-bond donors (Lipinski definition) is 2. The zero-order valence-electron chi connectivity index (χ0n) is 6.24. The first-order valence-corrected chi connectivity index (χ1v) is 3.17. The fourth-order valence-corrected chi connectivity index (χ4v) is 0.502. The van der Waals surface area contributed by atoms with Gasteiger partial charge in [-0.3, -0.25) is 0 Å². The molecule has 0 heterocycles. The van der Waals surface area contributed by atoms with Crippen molar-refractivity contribution in [2.24, 2.45) is 0 Å². The van der Waals surface area contributed by atoms with Gasteiger partial charge < -0.3 is 15.1 Å². The summed E-state index contributed by atoms with van der Waals surface area (Å²) in [6.07, 6.45) is -1.26. The highest BCUT2D eigenvalue weighted by Crippen LogP contribution is 1.87. The number of aliphatic carboxylic acids is 1. The van der Waals surface area contributed by atoms with Gasteiger partial charge in [0.05, 0.1) is 0 Å². The number of rotatable bonds is 4. The quantitative estimate of drug-likeness (QED) is 0.556. The van der Waals surface area contributed by atoms with Crippen molar-refractivity contribution in [2.45, 2.75) is 13.0 Å². The van der Waals surface area contributed by atoms with Crippen molar-refractivity contribution in [2.75, 3.05) is 20.1 Å². The van der Waals surface area contributed by atoms with Gasteiger partial charge in [0.25, 0.3) is 0 Å². The van der Waals surface area contributed by atoms with E-state index in [-0.39, 0.29) is 6.54 Å². The van der Waals surface area contributed by atoms with Crippen LogP contribution in [0.25, 0.3) is 0 Å². The van der Waals surface area contributed by atoms with Crippen LogP contribution in [-0.4, -0.2) is 47.3 Å². The third-order valence-corrected chi connectivity index (χ3v) is 1.31. The second-order valence-electron chi connectivity index (χ2n) is 2.21. The van der Waals surface area contributed by atoms with E-state index in [4.69, 9.17) is 10.2 Å². The number of aliphatic hydroxyl groups excluding tert-OH is 1. The van der Waals surface area contributed by atoms with E-state index in [2.05, 4.69) is 0 Å². The Labute approximate surface area is 60.1 Å². The zero-order valence-corrected chi connectivity index (χ0v) is 6.24. The van der Waals surface area contributed by atoms with Gasteiger partial charge in [0.15, 0.2) is 6.10 Å². The van der Waals surface area contributed by atoms with Crippen LogP contribution in [-0.2, 0) is 4.79 Å². The van der Waals surface area contributed by atoms with Gasteiger partial charge in [0, 0.05) is 6.54 Å². The van der Waals surface area contributed by atoms with E-state index in [9.17, 15) is 4.79 Å². The molecule has 0 saturated heterocycles. The first-order chi connectivity index (χ1) is 4.57. The fraction of sp³-hybridized carbons (Fsp3) is 0.833. The molecule has 0 aliphatic rings. The molecular weight excluding hydrogens is 134 g/mol. The predicted molar refractivity (Wildman–Crippen MR) is 36.8 cm³/mol. The molecule has 0 radical (unpaired) electrons. The van der Waals surface area contributed by atoms with Crippen molar-refractivity contribution in [1.29, 1.82) is 0 Å². The zero-order chi connectivity index (χ0) is 8.15. The van der Waals surface area contributed by atoms with Crippen LogP contribution in [0.15, 0.2) is 0 Å². The molecular formula is C6H13NO3. The van der Waals surface area contributed by atoms with Crippen LogP contribution in [0.2, 0.25) is 0 Å². The van der Waals surface area contributed by atoms with E-state index in [0.29, 0.717) is 0 Å². The molecule has 0 bridgehead atoms. The van der Waals surface area contributed by atoms with E-state index < -0.39 is 12.1 Å². The van der Waals surface area contributed by atoms with Gasteiger partial charge in [-0.25, -0.2) is 4.79 Å². The molecule has 60 valence electrons. The van der Waals surface area contributed by atoms with Crippen molar-refractivity contribution in [3.05, 3.63) is 0 Å². The smallest absolute Gasteiger partial charge is 0.333 e. The maximum absolute atomic E-state index is 10.1. The standard InChI is InChI=1S/C6H13NO3/c1-3-7(2)4-5(8)6(9)10/h5,8H,3-4H2,1-2H3,(H,9,10). The topological polar surface area (TPSA) is 60.8 Å². The first kappa shape index (κ1) is 9.39. The lowest BCUT2D eigenvalue weighted by molar-refractivity contribution is -0.147. The summed E-state index contributed by atoms with van der Waals surface area (Å²) in [7, 11) is 1.76. The highest BCUT2D eigenvalue weighted by atomic mass is 16.4. The highest BCUT2D eigenvalue weighted by molar-refractivity contribution is 5.72. The molecule has 0 aromatic carbocycles. The van der Waals surface area contributed by atoms with Crippen LogP contribution in [0.1, 0.15) is 6.92 Å². The summed E-state index contributed by atoms with van der Waals surface area (Å²) < 4.78 is 0. The van der Waals surface area contributed by atoms with E-state index in [1.165, 1.54) is 0 Å². The molecule has 0 aliphatic carbocycles. The molecule has 1 unspecified atom stereocenters. The Bertz CT molecular complexity index is 116. The number of likely N-dealkylation sites (N-methyl/N-ethyl adjacent to an activating group) is 1. The van der Waals surface area contributed by atoms with E-state index >= 15 is 0 Å². The van der Waals surface area contributed by atoms with Crippen LogP contribution in [0.3, 0.4) is 0 Å². The summed E-state index contributed by atoms with van der Waals surface area (Å²) in [4.78, 5) is 11.8. The summed E-state index contributed by atoms with van der Waals surface area (Å²) in [5, 5.41) is 17.0. The summed E-state index contributed by atoms with van der Waals surface area (Å²) in [6, 6.07) is 0. The normalized spacial score (nSPS) is 13.6. The average molecular weight is 147 g/mol. The Morgan fingerprint density at radius 3 is 2.50 bits per heavy atom. The van der Waals surface area contributed by atoms with Crippen LogP contribution < -0.4 is 0 Å². The Balaban J connectivity index is 3.56. The van der Waals surface area contributed by atoms with Crippen LogP contribution in [0, 0.1) is 0 Å². The third-order valence-electron chi connectivity index (χ3n) is 1.31. The third kappa shape index (κ3) is 3.42. The Hall–Kier alpha value is -0.610. The summed E-state index contributed by atoms with van der Waals surface area (Å²) in [6.45, 7) is 2.82. The monoisotopic (exact) mass is 147 g/mol. The molecule has 0 amide bonds. The van der Waals surface area contributed by atoms with Gasteiger partial charge in [-0.15, -0.1) is 0 Å². The van der Waals surface area contributed by atoms with Gasteiger partial charge in [-0.2, -0.15) is 0 Å². The maximum Gasteiger partial charge on any atom is 0.333 e. The number of aliphatic hydroxyl groups is 1. The fourth-order valence-electron chi connectivity index (χ4n) is 0.502.